The normalized spacial score (nSPS) is 15.8. The average Bonchev–Trinajstić information content (AvgIpc) is 2.57. The molecule has 0 fully saturated rings. The van der Waals surface area contributed by atoms with Crippen molar-refractivity contribution in [3.8, 4) is 0 Å². The highest BCUT2D eigenvalue weighted by Gasteiger charge is 2.11. The van der Waals surface area contributed by atoms with Gasteiger partial charge in [0, 0.05) is 17.1 Å². The van der Waals surface area contributed by atoms with E-state index in [1.165, 1.54) is 42.1 Å². The van der Waals surface area contributed by atoms with Crippen LogP contribution in [-0.4, -0.2) is 4.98 Å². The summed E-state index contributed by atoms with van der Waals surface area (Å²) in [6.07, 6.45) is 7.37. The zero-order chi connectivity index (χ0) is 9.54. The largest absolute Gasteiger partial charge is 0.361 e. The summed E-state index contributed by atoms with van der Waals surface area (Å²) in [6, 6.07) is 4.73. The maximum absolute atomic E-state index is 3.34. The van der Waals surface area contributed by atoms with Gasteiger partial charge >= 0.3 is 0 Å². The Balaban J connectivity index is 2.29. The van der Waals surface area contributed by atoms with Crippen LogP contribution in [0.25, 0.3) is 10.9 Å². The molecular weight excluding hydrogens is 170 g/mol. The number of rotatable bonds is 0. The Hall–Kier alpha value is -1.24. The van der Waals surface area contributed by atoms with Gasteiger partial charge in [-0.2, -0.15) is 0 Å². The molecule has 1 aliphatic carbocycles. The minimum absolute atomic E-state index is 1.27. The SMILES string of the molecule is Cc1c[nH]c2cc3c(cc12)CCCC3. The highest BCUT2D eigenvalue weighted by molar-refractivity contribution is 5.84. The number of fused-ring (bicyclic) bond motifs is 2. The summed E-state index contributed by atoms with van der Waals surface area (Å²) in [7, 11) is 0. The molecule has 14 heavy (non-hydrogen) atoms. The molecule has 0 saturated heterocycles. The molecule has 1 aromatic heterocycles. The van der Waals surface area contributed by atoms with Gasteiger partial charge in [-0.25, -0.2) is 0 Å². The van der Waals surface area contributed by atoms with E-state index >= 15 is 0 Å². The second-order valence-corrected chi connectivity index (χ2v) is 4.35. The monoisotopic (exact) mass is 185 g/mol. The fraction of sp³-hybridized carbons (Fsp3) is 0.385. The van der Waals surface area contributed by atoms with Crippen LogP contribution in [-0.2, 0) is 12.8 Å². The Morgan fingerprint density at radius 3 is 2.57 bits per heavy atom. The zero-order valence-electron chi connectivity index (χ0n) is 8.56. The maximum atomic E-state index is 3.34. The van der Waals surface area contributed by atoms with Gasteiger partial charge in [0.2, 0.25) is 0 Å². The first-order chi connectivity index (χ1) is 6.84. The molecule has 0 amide bonds. The second-order valence-electron chi connectivity index (χ2n) is 4.35. The van der Waals surface area contributed by atoms with E-state index in [0.29, 0.717) is 0 Å². The maximum Gasteiger partial charge on any atom is 0.0459 e. The number of aromatic amines is 1. The summed E-state index contributed by atoms with van der Waals surface area (Å²) < 4.78 is 0. The molecule has 1 aromatic carbocycles. The molecule has 1 N–H and O–H groups in total. The van der Waals surface area contributed by atoms with Crippen LogP contribution in [0.1, 0.15) is 29.5 Å². The Kier molecular flexibility index (Phi) is 1.66. The molecule has 3 rings (SSSR count). The van der Waals surface area contributed by atoms with Gasteiger partial charge in [0.1, 0.15) is 0 Å². The van der Waals surface area contributed by atoms with Crippen LogP contribution >= 0.6 is 0 Å². The molecule has 2 aromatic rings. The Morgan fingerprint density at radius 2 is 1.79 bits per heavy atom. The van der Waals surface area contributed by atoms with E-state index in [1.807, 2.05) is 0 Å². The lowest BCUT2D eigenvalue weighted by Crippen LogP contribution is -2.01. The third-order valence-electron chi connectivity index (χ3n) is 3.35. The van der Waals surface area contributed by atoms with E-state index in [0.717, 1.165) is 0 Å². The van der Waals surface area contributed by atoms with E-state index in [1.54, 1.807) is 11.1 Å². The first-order valence-corrected chi connectivity index (χ1v) is 5.44. The molecule has 0 saturated carbocycles. The lowest BCUT2D eigenvalue weighted by atomic mass is 9.90. The fourth-order valence-electron chi connectivity index (χ4n) is 2.50. The molecule has 0 unspecified atom stereocenters. The minimum Gasteiger partial charge on any atom is -0.361 e. The van der Waals surface area contributed by atoms with Crippen molar-refractivity contribution in [2.45, 2.75) is 32.6 Å². The number of hydrogen-bond donors (Lipinski definition) is 1. The molecule has 0 radical (unpaired) electrons. The van der Waals surface area contributed by atoms with Gasteiger partial charge < -0.3 is 4.98 Å². The van der Waals surface area contributed by atoms with Crippen molar-refractivity contribution in [2.75, 3.05) is 0 Å². The molecule has 1 aliphatic rings. The fourth-order valence-corrected chi connectivity index (χ4v) is 2.50. The van der Waals surface area contributed by atoms with Crippen LogP contribution in [0, 0.1) is 6.92 Å². The molecule has 0 bridgehead atoms. The van der Waals surface area contributed by atoms with Crippen LogP contribution in [0.15, 0.2) is 18.3 Å². The van der Waals surface area contributed by atoms with Crippen molar-refractivity contribution in [3.63, 3.8) is 0 Å². The Morgan fingerprint density at radius 1 is 1.07 bits per heavy atom. The summed E-state index contributed by atoms with van der Waals surface area (Å²) in [5.41, 5.74) is 5.81. The summed E-state index contributed by atoms with van der Waals surface area (Å²) in [5.74, 6) is 0. The summed E-state index contributed by atoms with van der Waals surface area (Å²) in [6.45, 7) is 2.17. The van der Waals surface area contributed by atoms with Gasteiger partial charge in [-0.3, -0.25) is 0 Å². The summed E-state index contributed by atoms with van der Waals surface area (Å²) in [5, 5.41) is 1.41. The van der Waals surface area contributed by atoms with E-state index in [9.17, 15) is 0 Å². The van der Waals surface area contributed by atoms with Crippen LogP contribution in [0.4, 0.5) is 0 Å². The third kappa shape index (κ3) is 1.08. The Labute approximate surface area is 84.1 Å². The molecule has 1 heteroatoms. The number of hydrogen-bond acceptors (Lipinski definition) is 0. The molecule has 0 aliphatic heterocycles. The van der Waals surface area contributed by atoms with Crippen molar-refractivity contribution in [2.24, 2.45) is 0 Å². The second kappa shape index (κ2) is 2.88. The first-order valence-electron chi connectivity index (χ1n) is 5.44. The summed E-state index contributed by atoms with van der Waals surface area (Å²) >= 11 is 0. The smallest absolute Gasteiger partial charge is 0.0459 e. The Bertz CT molecular complexity index is 479. The van der Waals surface area contributed by atoms with E-state index in [-0.39, 0.29) is 0 Å². The van der Waals surface area contributed by atoms with E-state index in [2.05, 4.69) is 30.2 Å². The van der Waals surface area contributed by atoms with Crippen LogP contribution in [0.5, 0.6) is 0 Å². The van der Waals surface area contributed by atoms with Crippen LogP contribution in [0.2, 0.25) is 0 Å². The predicted octanol–water partition coefficient (Wildman–Crippen LogP) is 3.36. The highest BCUT2D eigenvalue weighted by atomic mass is 14.7. The lowest BCUT2D eigenvalue weighted by Gasteiger charge is -2.15. The van der Waals surface area contributed by atoms with Gasteiger partial charge in [0.15, 0.2) is 0 Å². The lowest BCUT2D eigenvalue weighted by molar-refractivity contribution is 0.687. The van der Waals surface area contributed by atoms with Crippen molar-refractivity contribution in [1.29, 1.82) is 0 Å². The van der Waals surface area contributed by atoms with Gasteiger partial charge in [-0.15, -0.1) is 0 Å². The van der Waals surface area contributed by atoms with Gasteiger partial charge in [-0.1, -0.05) is 0 Å². The van der Waals surface area contributed by atoms with Crippen molar-refractivity contribution < 1.29 is 0 Å². The topological polar surface area (TPSA) is 15.8 Å². The quantitative estimate of drug-likeness (QED) is 0.647. The average molecular weight is 185 g/mol. The van der Waals surface area contributed by atoms with E-state index in [4.69, 9.17) is 0 Å². The minimum atomic E-state index is 1.27. The van der Waals surface area contributed by atoms with Crippen molar-refractivity contribution in [1.82, 2.24) is 4.98 Å². The molecule has 0 atom stereocenters. The zero-order valence-corrected chi connectivity index (χ0v) is 8.56. The molecule has 0 spiro atoms. The number of aromatic nitrogens is 1. The molecule has 72 valence electrons. The van der Waals surface area contributed by atoms with Crippen LogP contribution in [0.3, 0.4) is 0 Å². The van der Waals surface area contributed by atoms with Gasteiger partial charge in [0.05, 0.1) is 0 Å². The predicted molar refractivity (Wildman–Crippen MR) is 59.7 cm³/mol. The first kappa shape index (κ1) is 8.10. The standard InChI is InChI=1S/C13H15N/c1-9-8-14-13-7-11-5-3-2-4-10(11)6-12(9)13/h6-8,14H,2-5H2,1H3. The molecule has 1 nitrogen and oxygen atoms in total. The molecule has 1 heterocycles. The third-order valence-corrected chi connectivity index (χ3v) is 3.35. The number of H-pyrrole nitrogens is 1. The van der Waals surface area contributed by atoms with Crippen molar-refractivity contribution >= 4 is 10.9 Å². The van der Waals surface area contributed by atoms with E-state index < -0.39 is 0 Å². The van der Waals surface area contributed by atoms with Crippen LogP contribution < -0.4 is 0 Å². The number of benzene rings is 1. The van der Waals surface area contributed by atoms with Crippen molar-refractivity contribution in [3.05, 3.63) is 35.0 Å². The number of nitrogens with one attached hydrogen (secondary N) is 1. The van der Waals surface area contributed by atoms with Gasteiger partial charge in [0.25, 0.3) is 0 Å². The highest BCUT2D eigenvalue weighted by Crippen LogP contribution is 2.27. The van der Waals surface area contributed by atoms with Gasteiger partial charge in [-0.05, 0) is 61.4 Å². The molecular formula is C13H15N. The summed E-state index contributed by atoms with van der Waals surface area (Å²) in [4.78, 5) is 3.34. The number of aryl methyl sites for hydroxylation is 3.